The summed E-state index contributed by atoms with van der Waals surface area (Å²) in [6, 6.07) is 44.6. The minimum atomic E-state index is -3.18. The third kappa shape index (κ3) is 8.32. The smallest absolute Gasteiger partial charge is 0.338 e. The van der Waals surface area contributed by atoms with Gasteiger partial charge in [-0.3, -0.25) is 0 Å². The Bertz CT molecular complexity index is 1910. The first-order valence-electron chi connectivity index (χ1n) is 17.4. The Morgan fingerprint density at radius 2 is 0.887 bits per heavy atom. The Morgan fingerprint density at radius 3 is 1.26 bits per heavy atom. The van der Waals surface area contributed by atoms with Crippen molar-refractivity contribution < 1.29 is 42.9 Å². The molecule has 1 aliphatic rings. The van der Waals surface area contributed by atoms with E-state index in [2.05, 4.69) is 20.8 Å². The lowest BCUT2D eigenvalue weighted by atomic mass is 9.98. The summed E-state index contributed by atoms with van der Waals surface area (Å²) < 4.78 is 31.4. The van der Waals surface area contributed by atoms with Gasteiger partial charge in [0.05, 0.1) is 23.3 Å². The van der Waals surface area contributed by atoms with Gasteiger partial charge in [-0.25, -0.2) is 14.4 Å². The van der Waals surface area contributed by atoms with Crippen LogP contribution >= 0.6 is 0 Å². The van der Waals surface area contributed by atoms with Gasteiger partial charge >= 0.3 is 17.9 Å². The lowest BCUT2D eigenvalue weighted by Crippen LogP contribution is -2.68. The van der Waals surface area contributed by atoms with Crippen molar-refractivity contribution in [3.05, 3.63) is 168 Å². The van der Waals surface area contributed by atoms with E-state index in [1.54, 1.807) is 91.0 Å². The molecule has 5 aromatic carbocycles. The van der Waals surface area contributed by atoms with Gasteiger partial charge in [-0.1, -0.05) is 136 Å². The minimum Gasteiger partial charge on any atom is -0.452 e. The summed E-state index contributed by atoms with van der Waals surface area (Å²) in [4.78, 5) is 40.9. The largest absolute Gasteiger partial charge is 0.452 e. The third-order valence-corrected chi connectivity index (χ3v) is 14.3. The van der Waals surface area contributed by atoms with Crippen molar-refractivity contribution in [1.82, 2.24) is 0 Å². The van der Waals surface area contributed by atoms with Crippen molar-refractivity contribution in [2.24, 2.45) is 0 Å². The number of ether oxygens (including phenoxy) is 4. The van der Waals surface area contributed by atoms with E-state index in [0.29, 0.717) is 0 Å². The summed E-state index contributed by atoms with van der Waals surface area (Å²) in [5.74, 6) is -2.31. The molecule has 0 spiro atoms. The Kier molecular flexibility index (Phi) is 11.6. The van der Waals surface area contributed by atoms with Crippen LogP contribution in [0.25, 0.3) is 0 Å². The number of esters is 3. The Hall–Kier alpha value is -5.39. The molecule has 53 heavy (non-hydrogen) atoms. The maximum atomic E-state index is 13.8. The highest BCUT2D eigenvalue weighted by Crippen LogP contribution is 2.38. The van der Waals surface area contributed by atoms with Gasteiger partial charge in [-0.15, -0.1) is 0 Å². The molecule has 272 valence electrons. The molecule has 6 rings (SSSR count). The molecule has 1 fully saturated rings. The molecule has 0 aromatic heterocycles. The number of rotatable bonds is 11. The van der Waals surface area contributed by atoms with Crippen molar-refractivity contribution in [2.45, 2.75) is 56.5 Å². The lowest BCUT2D eigenvalue weighted by Gasteiger charge is -2.46. The monoisotopic (exact) mass is 730 g/mol. The van der Waals surface area contributed by atoms with E-state index in [4.69, 9.17) is 23.4 Å². The van der Waals surface area contributed by atoms with Gasteiger partial charge in [0.25, 0.3) is 8.32 Å². The number of aliphatic hydroxyl groups is 1. The van der Waals surface area contributed by atoms with E-state index in [1.165, 1.54) is 0 Å². The minimum absolute atomic E-state index is 0.185. The van der Waals surface area contributed by atoms with Crippen molar-refractivity contribution in [2.75, 3.05) is 6.61 Å². The molecule has 10 heteroatoms. The summed E-state index contributed by atoms with van der Waals surface area (Å²) >= 11 is 0. The molecule has 5 aromatic rings. The van der Waals surface area contributed by atoms with Crippen LogP contribution in [0.5, 0.6) is 0 Å². The second-order valence-electron chi connectivity index (χ2n) is 13.7. The molecule has 1 aliphatic heterocycles. The van der Waals surface area contributed by atoms with Crippen LogP contribution in [0, 0.1) is 0 Å². The van der Waals surface area contributed by atoms with Crippen molar-refractivity contribution in [1.29, 1.82) is 0 Å². The van der Waals surface area contributed by atoms with Crippen LogP contribution in [0.15, 0.2) is 152 Å². The maximum absolute atomic E-state index is 13.8. The zero-order chi connectivity index (χ0) is 37.4. The topological polar surface area (TPSA) is 118 Å². The van der Waals surface area contributed by atoms with Crippen LogP contribution in [0.1, 0.15) is 51.8 Å². The normalized spacial score (nSPS) is 20.2. The van der Waals surface area contributed by atoms with Gasteiger partial charge in [0.1, 0.15) is 6.10 Å². The molecule has 1 saturated heterocycles. The van der Waals surface area contributed by atoms with E-state index in [0.717, 1.165) is 10.4 Å². The summed E-state index contributed by atoms with van der Waals surface area (Å²) in [6.45, 7) is 6.17. The summed E-state index contributed by atoms with van der Waals surface area (Å²) in [5, 5.41) is 13.2. The molecule has 0 radical (unpaired) electrons. The van der Waals surface area contributed by atoms with E-state index < -0.39 is 62.0 Å². The highest BCUT2D eigenvalue weighted by Gasteiger charge is 2.55. The SMILES string of the molecule is CC(C)(C)[Si](OC[C@H]1O[C@@H](O)[C@H](OC(=O)c2ccccc2)[C@@H](OC(=O)c2ccccc2)[C@H]1OC(=O)c1ccccc1)(c1ccccc1)c1ccccc1. The molecule has 1 heterocycles. The molecule has 1 N–H and O–H groups in total. The van der Waals surface area contributed by atoms with Gasteiger partial charge in [0.2, 0.25) is 0 Å². The van der Waals surface area contributed by atoms with Crippen LogP contribution in [0.4, 0.5) is 0 Å². The van der Waals surface area contributed by atoms with Crippen molar-refractivity contribution in [3.8, 4) is 0 Å². The van der Waals surface area contributed by atoms with E-state index in [9.17, 15) is 19.5 Å². The fourth-order valence-electron chi connectivity index (χ4n) is 6.70. The second-order valence-corrected chi connectivity index (χ2v) is 18.1. The maximum Gasteiger partial charge on any atom is 0.338 e. The number of carbonyl (C=O) groups excluding carboxylic acids is 3. The summed E-state index contributed by atoms with van der Waals surface area (Å²) in [5.41, 5.74) is 0.633. The number of benzene rings is 5. The van der Waals surface area contributed by atoms with E-state index in [1.807, 2.05) is 60.7 Å². The van der Waals surface area contributed by atoms with Gasteiger partial charge in [-0.05, 0) is 51.8 Å². The number of carbonyl (C=O) groups is 3. The Morgan fingerprint density at radius 1 is 0.547 bits per heavy atom. The second kappa shape index (κ2) is 16.5. The molecule has 9 nitrogen and oxygen atoms in total. The van der Waals surface area contributed by atoms with Crippen LogP contribution in [0.2, 0.25) is 5.04 Å². The van der Waals surface area contributed by atoms with E-state index in [-0.39, 0.29) is 23.3 Å². The number of hydrogen-bond donors (Lipinski definition) is 1. The summed E-state index contributed by atoms with van der Waals surface area (Å²) in [6.07, 6.45) is -7.48. The van der Waals surface area contributed by atoms with Gasteiger partial charge < -0.3 is 28.5 Å². The molecule has 0 saturated carbocycles. The Labute approximate surface area is 310 Å². The van der Waals surface area contributed by atoms with Crippen molar-refractivity contribution in [3.63, 3.8) is 0 Å². The van der Waals surface area contributed by atoms with E-state index >= 15 is 0 Å². The summed E-state index contributed by atoms with van der Waals surface area (Å²) in [7, 11) is -3.18. The first kappa shape index (κ1) is 37.4. The molecule has 5 atom stereocenters. The molecule has 0 aliphatic carbocycles. The van der Waals surface area contributed by atoms with Crippen LogP contribution in [0.3, 0.4) is 0 Å². The number of aliphatic hydroxyl groups excluding tert-OH is 1. The van der Waals surface area contributed by atoms with Crippen molar-refractivity contribution >= 4 is 36.6 Å². The highest BCUT2D eigenvalue weighted by molar-refractivity contribution is 6.99. The molecule has 0 amide bonds. The van der Waals surface area contributed by atoms with Crippen LogP contribution in [-0.4, -0.2) is 68.6 Å². The number of hydrogen-bond acceptors (Lipinski definition) is 9. The predicted octanol–water partition coefficient (Wildman–Crippen LogP) is 5.96. The fraction of sp³-hybridized carbons (Fsp3) is 0.233. The zero-order valence-electron chi connectivity index (χ0n) is 29.7. The fourth-order valence-corrected chi connectivity index (χ4v) is 11.3. The molecule has 0 bridgehead atoms. The Balaban J connectivity index is 1.43. The highest BCUT2D eigenvalue weighted by atomic mass is 28.4. The predicted molar refractivity (Wildman–Crippen MR) is 201 cm³/mol. The molecule has 0 unspecified atom stereocenters. The van der Waals surface area contributed by atoms with Gasteiger partial charge in [-0.2, -0.15) is 0 Å². The first-order chi connectivity index (χ1) is 25.6. The third-order valence-electron chi connectivity index (χ3n) is 9.25. The lowest BCUT2D eigenvalue weighted by molar-refractivity contribution is -0.283. The average Bonchev–Trinajstić information content (AvgIpc) is 3.18. The standard InChI is InChI=1S/C43H42O9Si/c1-43(2,3)53(33-25-15-7-16-26-33,34-27-17-8-18-28-34)48-29-35-36(50-39(44)30-19-9-4-10-20-30)37(51-40(45)31-21-11-5-12-22-31)38(42(47)49-35)52-41(46)32-23-13-6-14-24-32/h4-28,35-38,42,47H,29H2,1-3H3/t35-,36+,37+,38-,42-/m1/s1. The molecular formula is C43H42O9Si. The van der Waals surface area contributed by atoms with Crippen LogP contribution < -0.4 is 10.4 Å². The average molecular weight is 731 g/mol. The van der Waals surface area contributed by atoms with Gasteiger partial charge in [0, 0.05) is 0 Å². The zero-order valence-corrected chi connectivity index (χ0v) is 30.7. The molecular weight excluding hydrogens is 689 g/mol. The van der Waals surface area contributed by atoms with Gasteiger partial charge in [0.15, 0.2) is 24.6 Å². The quantitative estimate of drug-likeness (QED) is 0.0999. The first-order valence-corrected chi connectivity index (χ1v) is 19.4. The van der Waals surface area contributed by atoms with Crippen LogP contribution in [-0.2, 0) is 23.4 Å².